The number of hydrogen-bond donors (Lipinski definition) is 1. The Morgan fingerprint density at radius 1 is 1.19 bits per heavy atom. The number of esters is 1. The maximum absolute atomic E-state index is 12.0. The van der Waals surface area contributed by atoms with Crippen molar-refractivity contribution in [2.75, 3.05) is 32.8 Å². The summed E-state index contributed by atoms with van der Waals surface area (Å²) in [6.45, 7) is 2.91. The summed E-state index contributed by atoms with van der Waals surface area (Å²) >= 11 is 0. The molecule has 26 heavy (non-hydrogen) atoms. The first-order valence-corrected chi connectivity index (χ1v) is 7.95. The lowest BCUT2D eigenvalue weighted by atomic mass is 10.3. The van der Waals surface area contributed by atoms with Crippen molar-refractivity contribution in [3.8, 4) is 5.75 Å². The Morgan fingerprint density at radius 3 is 2.50 bits per heavy atom. The first-order chi connectivity index (χ1) is 12.4. The summed E-state index contributed by atoms with van der Waals surface area (Å²) in [5.41, 5.74) is -0.282. The first kappa shape index (κ1) is 20.9. The Kier molecular flexibility index (Phi) is 8.55. The number of para-hydroxylation sites is 2. The minimum Gasteiger partial charge on any atom is -0.475 e. The van der Waals surface area contributed by atoms with E-state index in [2.05, 4.69) is 5.32 Å². The van der Waals surface area contributed by atoms with Crippen LogP contribution >= 0.6 is 0 Å². The van der Waals surface area contributed by atoms with E-state index in [1.807, 2.05) is 0 Å². The smallest absolute Gasteiger partial charge is 0.344 e. The summed E-state index contributed by atoms with van der Waals surface area (Å²) in [7, 11) is 0. The molecule has 0 saturated heterocycles. The number of carbonyl (C=O) groups excluding carboxylic acids is 3. The number of nitro groups is 1. The highest BCUT2D eigenvalue weighted by molar-refractivity contribution is 5.86. The maximum atomic E-state index is 12.0. The topological polar surface area (TPSA) is 128 Å². The largest absolute Gasteiger partial charge is 0.475 e. The van der Waals surface area contributed by atoms with Crippen LogP contribution in [0.1, 0.15) is 13.8 Å². The lowest BCUT2D eigenvalue weighted by molar-refractivity contribution is -0.385. The van der Waals surface area contributed by atoms with Crippen LogP contribution in [0.4, 0.5) is 5.69 Å². The van der Waals surface area contributed by atoms with Gasteiger partial charge in [-0.3, -0.25) is 19.7 Å². The number of likely N-dealkylation sites (N-methyl/N-ethyl adjacent to an activating group) is 2. The quantitative estimate of drug-likeness (QED) is 0.362. The molecule has 2 amide bonds. The predicted octanol–water partition coefficient (Wildman–Crippen LogP) is 0.501. The fraction of sp³-hybridized carbons (Fsp3) is 0.438. The van der Waals surface area contributed by atoms with Crippen molar-refractivity contribution in [3.05, 3.63) is 34.4 Å². The summed E-state index contributed by atoms with van der Waals surface area (Å²) in [4.78, 5) is 46.6. The molecule has 1 aromatic rings. The molecular formula is C16H21N3O7. The molecule has 1 rings (SSSR count). The van der Waals surface area contributed by atoms with Gasteiger partial charge in [-0.25, -0.2) is 4.79 Å². The number of benzene rings is 1. The Morgan fingerprint density at radius 2 is 1.88 bits per heavy atom. The van der Waals surface area contributed by atoms with E-state index in [9.17, 15) is 24.5 Å². The molecule has 142 valence electrons. The Balaban J connectivity index is 2.47. The van der Waals surface area contributed by atoms with Crippen molar-refractivity contribution in [3.63, 3.8) is 0 Å². The van der Waals surface area contributed by atoms with E-state index in [1.54, 1.807) is 13.8 Å². The van der Waals surface area contributed by atoms with Crippen LogP contribution in [0.5, 0.6) is 5.75 Å². The summed E-state index contributed by atoms with van der Waals surface area (Å²) in [5.74, 6) is -1.77. The van der Waals surface area contributed by atoms with Gasteiger partial charge in [-0.2, -0.15) is 0 Å². The molecule has 0 aliphatic rings. The molecule has 0 unspecified atom stereocenters. The first-order valence-electron chi connectivity index (χ1n) is 7.95. The number of hydrogen-bond acceptors (Lipinski definition) is 7. The number of amides is 2. The highest BCUT2D eigenvalue weighted by atomic mass is 16.6. The van der Waals surface area contributed by atoms with E-state index < -0.39 is 30.0 Å². The third-order valence-corrected chi connectivity index (χ3v) is 3.21. The molecule has 10 heteroatoms. The minimum atomic E-state index is -0.856. The molecule has 0 fully saturated rings. The van der Waals surface area contributed by atoms with Gasteiger partial charge >= 0.3 is 11.7 Å². The van der Waals surface area contributed by atoms with E-state index >= 15 is 0 Å². The van der Waals surface area contributed by atoms with Crippen molar-refractivity contribution < 1.29 is 28.8 Å². The molecule has 1 aromatic carbocycles. The van der Waals surface area contributed by atoms with Gasteiger partial charge in [-0.05, 0) is 19.9 Å². The van der Waals surface area contributed by atoms with E-state index in [1.165, 1.54) is 29.2 Å². The average molecular weight is 367 g/mol. The zero-order chi connectivity index (χ0) is 19.5. The van der Waals surface area contributed by atoms with Gasteiger partial charge in [0.15, 0.2) is 19.0 Å². The van der Waals surface area contributed by atoms with Gasteiger partial charge in [0.25, 0.3) is 5.91 Å². The maximum Gasteiger partial charge on any atom is 0.344 e. The second-order valence-corrected chi connectivity index (χ2v) is 5.04. The molecule has 0 aliphatic heterocycles. The molecule has 0 heterocycles. The monoisotopic (exact) mass is 367 g/mol. The summed E-state index contributed by atoms with van der Waals surface area (Å²) in [6.07, 6.45) is 0. The fourth-order valence-corrected chi connectivity index (χ4v) is 1.94. The summed E-state index contributed by atoms with van der Waals surface area (Å²) in [6, 6.07) is 5.58. The normalized spacial score (nSPS) is 9.92. The number of nitro benzene ring substituents is 1. The SMILES string of the molecule is CCNC(=O)CN(CC)C(=O)COC(=O)COc1ccccc1[N+](=O)[O-]. The Labute approximate surface area is 150 Å². The van der Waals surface area contributed by atoms with Crippen molar-refractivity contribution in [1.29, 1.82) is 0 Å². The van der Waals surface area contributed by atoms with Crippen molar-refractivity contribution in [2.45, 2.75) is 13.8 Å². The zero-order valence-electron chi connectivity index (χ0n) is 14.6. The van der Waals surface area contributed by atoms with Crippen LogP contribution in [-0.4, -0.2) is 60.5 Å². The molecular weight excluding hydrogens is 346 g/mol. The Bertz CT molecular complexity index is 663. The number of carbonyl (C=O) groups is 3. The van der Waals surface area contributed by atoms with E-state index in [-0.39, 0.29) is 30.4 Å². The van der Waals surface area contributed by atoms with Gasteiger partial charge in [0.1, 0.15) is 0 Å². The van der Waals surface area contributed by atoms with Gasteiger partial charge < -0.3 is 19.7 Å². The van der Waals surface area contributed by atoms with Crippen molar-refractivity contribution >= 4 is 23.5 Å². The second kappa shape index (κ2) is 10.6. The van der Waals surface area contributed by atoms with Crippen LogP contribution in [-0.2, 0) is 19.1 Å². The lowest BCUT2D eigenvalue weighted by Crippen LogP contribution is -2.42. The Hall–Kier alpha value is -3.17. The molecule has 0 aliphatic carbocycles. The van der Waals surface area contributed by atoms with Crippen LogP contribution in [0.15, 0.2) is 24.3 Å². The molecule has 1 N–H and O–H groups in total. The number of ether oxygens (including phenoxy) is 2. The molecule has 0 saturated carbocycles. The van der Waals surface area contributed by atoms with Crippen LogP contribution < -0.4 is 10.1 Å². The standard InChI is InChI=1S/C16H21N3O7/c1-3-17-14(20)9-18(4-2)15(21)10-26-16(22)11-25-13-8-6-5-7-12(13)19(23)24/h5-8H,3-4,9-11H2,1-2H3,(H,17,20). The van der Waals surface area contributed by atoms with Crippen LogP contribution in [0.3, 0.4) is 0 Å². The summed E-state index contributed by atoms with van der Waals surface area (Å²) in [5, 5.41) is 13.4. The molecule has 0 bridgehead atoms. The molecule has 0 atom stereocenters. The molecule has 0 radical (unpaired) electrons. The number of nitrogens with one attached hydrogen (secondary N) is 1. The third-order valence-electron chi connectivity index (χ3n) is 3.21. The highest BCUT2D eigenvalue weighted by Crippen LogP contribution is 2.25. The number of nitrogens with zero attached hydrogens (tertiary/aromatic N) is 2. The van der Waals surface area contributed by atoms with Gasteiger partial charge in [0.2, 0.25) is 5.91 Å². The van der Waals surface area contributed by atoms with Gasteiger partial charge in [0.05, 0.1) is 11.5 Å². The zero-order valence-corrected chi connectivity index (χ0v) is 14.6. The van der Waals surface area contributed by atoms with E-state index in [0.29, 0.717) is 6.54 Å². The second-order valence-electron chi connectivity index (χ2n) is 5.04. The molecule has 10 nitrogen and oxygen atoms in total. The van der Waals surface area contributed by atoms with E-state index in [4.69, 9.17) is 9.47 Å². The number of rotatable bonds is 10. The summed E-state index contributed by atoms with van der Waals surface area (Å²) < 4.78 is 9.86. The predicted molar refractivity (Wildman–Crippen MR) is 90.5 cm³/mol. The van der Waals surface area contributed by atoms with Gasteiger partial charge in [-0.1, -0.05) is 12.1 Å². The van der Waals surface area contributed by atoms with Crippen LogP contribution in [0.25, 0.3) is 0 Å². The van der Waals surface area contributed by atoms with Gasteiger partial charge in [0, 0.05) is 19.2 Å². The van der Waals surface area contributed by atoms with Gasteiger partial charge in [-0.15, -0.1) is 0 Å². The lowest BCUT2D eigenvalue weighted by Gasteiger charge is -2.20. The van der Waals surface area contributed by atoms with Crippen LogP contribution in [0.2, 0.25) is 0 Å². The fourth-order valence-electron chi connectivity index (χ4n) is 1.94. The molecule has 0 aromatic heterocycles. The average Bonchev–Trinajstić information content (AvgIpc) is 2.62. The highest BCUT2D eigenvalue weighted by Gasteiger charge is 2.18. The molecule has 0 spiro atoms. The van der Waals surface area contributed by atoms with Crippen LogP contribution in [0, 0.1) is 10.1 Å². The minimum absolute atomic E-state index is 0.0767. The van der Waals surface area contributed by atoms with Crippen molar-refractivity contribution in [1.82, 2.24) is 10.2 Å². The van der Waals surface area contributed by atoms with Crippen molar-refractivity contribution in [2.24, 2.45) is 0 Å². The van der Waals surface area contributed by atoms with E-state index in [0.717, 1.165) is 0 Å². The third kappa shape index (κ3) is 6.75.